The molecule has 0 aliphatic carbocycles. The molecule has 1 amide bonds. The molecule has 104 valence electrons. The van der Waals surface area contributed by atoms with Gasteiger partial charge in [-0.2, -0.15) is 0 Å². The molecule has 1 heterocycles. The summed E-state index contributed by atoms with van der Waals surface area (Å²) in [4.78, 5) is 15.2. The van der Waals surface area contributed by atoms with Crippen LogP contribution in [0.2, 0.25) is 0 Å². The van der Waals surface area contributed by atoms with Crippen molar-refractivity contribution in [1.29, 1.82) is 0 Å². The van der Waals surface area contributed by atoms with E-state index in [2.05, 4.69) is 10.3 Å². The van der Waals surface area contributed by atoms with Gasteiger partial charge in [-0.15, -0.1) is 0 Å². The van der Waals surface area contributed by atoms with Crippen molar-refractivity contribution >= 4 is 18.1 Å². The van der Waals surface area contributed by atoms with E-state index in [9.17, 15) is 9.90 Å². The second-order valence-corrected chi connectivity index (χ2v) is 4.92. The summed E-state index contributed by atoms with van der Waals surface area (Å²) in [6.45, 7) is 2.04. The van der Waals surface area contributed by atoms with Gasteiger partial charge in [0.2, 0.25) is 0 Å². The van der Waals surface area contributed by atoms with E-state index >= 15 is 0 Å². The third kappa shape index (κ3) is 3.31. The van der Waals surface area contributed by atoms with Crippen molar-refractivity contribution in [1.82, 2.24) is 10.3 Å². The van der Waals surface area contributed by atoms with Crippen LogP contribution in [0, 0.1) is 11.6 Å². The summed E-state index contributed by atoms with van der Waals surface area (Å²) in [7, 11) is 0. The molecule has 0 aliphatic heterocycles. The SMILES string of the molecule is Cc1cc(CO)c(C(=O)NCc2ccccc2)c(=S)[nH]1. The fourth-order valence-corrected chi connectivity index (χ4v) is 2.38. The van der Waals surface area contributed by atoms with Crippen molar-refractivity contribution < 1.29 is 9.90 Å². The lowest BCUT2D eigenvalue weighted by Gasteiger charge is -2.10. The molecule has 1 aromatic carbocycles. The number of H-pyrrole nitrogens is 1. The van der Waals surface area contributed by atoms with E-state index in [1.165, 1.54) is 0 Å². The van der Waals surface area contributed by atoms with Gasteiger partial charge in [0.1, 0.15) is 4.64 Å². The molecule has 0 unspecified atom stereocenters. The Morgan fingerprint density at radius 2 is 2.05 bits per heavy atom. The van der Waals surface area contributed by atoms with Crippen molar-refractivity contribution in [2.75, 3.05) is 0 Å². The molecule has 0 bridgehead atoms. The van der Waals surface area contributed by atoms with Gasteiger partial charge in [0.15, 0.2) is 0 Å². The van der Waals surface area contributed by atoms with Crippen LogP contribution in [0.4, 0.5) is 0 Å². The van der Waals surface area contributed by atoms with Crippen LogP contribution in [0.1, 0.15) is 27.2 Å². The van der Waals surface area contributed by atoms with Crippen molar-refractivity contribution in [3.05, 3.63) is 63.4 Å². The molecule has 1 aromatic heterocycles. The number of hydrogen-bond acceptors (Lipinski definition) is 3. The number of aliphatic hydroxyl groups excluding tert-OH is 1. The fourth-order valence-electron chi connectivity index (χ4n) is 2.00. The summed E-state index contributed by atoms with van der Waals surface area (Å²) < 4.78 is 0.347. The third-order valence-electron chi connectivity index (χ3n) is 2.94. The highest BCUT2D eigenvalue weighted by Crippen LogP contribution is 2.12. The Bertz CT molecular complexity index is 665. The second kappa shape index (κ2) is 6.45. The van der Waals surface area contributed by atoms with Crippen molar-refractivity contribution in [2.45, 2.75) is 20.1 Å². The van der Waals surface area contributed by atoms with Gasteiger partial charge >= 0.3 is 0 Å². The number of benzene rings is 1. The summed E-state index contributed by atoms with van der Waals surface area (Å²) in [6, 6.07) is 11.3. The maximum absolute atomic E-state index is 12.2. The summed E-state index contributed by atoms with van der Waals surface area (Å²) in [5.74, 6) is -0.279. The van der Waals surface area contributed by atoms with E-state index in [0.717, 1.165) is 11.3 Å². The number of aromatic amines is 1. The van der Waals surface area contributed by atoms with Crippen LogP contribution in [0.5, 0.6) is 0 Å². The molecule has 5 heteroatoms. The van der Waals surface area contributed by atoms with E-state index in [4.69, 9.17) is 12.2 Å². The average Bonchev–Trinajstić information content (AvgIpc) is 2.45. The predicted molar refractivity (Wildman–Crippen MR) is 79.9 cm³/mol. The first-order chi connectivity index (χ1) is 9.61. The summed E-state index contributed by atoms with van der Waals surface area (Å²) >= 11 is 5.17. The van der Waals surface area contributed by atoms with E-state index in [0.29, 0.717) is 22.3 Å². The van der Waals surface area contributed by atoms with Crippen molar-refractivity contribution in [2.24, 2.45) is 0 Å². The maximum atomic E-state index is 12.2. The predicted octanol–water partition coefficient (Wildman–Crippen LogP) is 2.47. The van der Waals surface area contributed by atoms with Gasteiger partial charge in [0, 0.05) is 12.2 Å². The van der Waals surface area contributed by atoms with Gasteiger partial charge in [-0.25, -0.2) is 0 Å². The Morgan fingerprint density at radius 3 is 2.70 bits per heavy atom. The minimum atomic E-state index is -0.279. The third-order valence-corrected chi connectivity index (χ3v) is 3.25. The zero-order valence-electron chi connectivity index (χ0n) is 11.1. The first kappa shape index (κ1) is 14.4. The molecule has 2 aromatic rings. The normalized spacial score (nSPS) is 10.3. The van der Waals surface area contributed by atoms with Crippen LogP contribution in [0.15, 0.2) is 36.4 Å². The average molecular weight is 288 g/mol. The highest BCUT2D eigenvalue weighted by molar-refractivity contribution is 7.71. The molecule has 0 aliphatic rings. The van der Waals surface area contributed by atoms with Crippen LogP contribution >= 0.6 is 12.2 Å². The standard InChI is InChI=1S/C15H16N2O2S/c1-10-7-12(9-18)13(15(20)17-10)14(19)16-8-11-5-3-2-4-6-11/h2-7,18H,8-9H2,1H3,(H,16,19)(H,17,20). The largest absolute Gasteiger partial charge is 0.392 e. The lowest BCUT2D eigenvalue weighted by molar-refractivity contribution is 0.0947. The number of aliphatic hydroxyl groups is 1. The van der Waals surface area contributed by atoms with E-state index < -0.39 is 0 Å². The molecule has 0 radical (unpaired) electrons. The summed E-state index contributed by atoms with van der Waals surface area (Å²) in [6.07, 6.45) is 0. The molecule has 0 atom stereocenters. The molecule has 0 fully saturated rings. The zero-order chi connectivity index (χ0) is 14.5. The van der Waals surface area contributed by atoms with Crippen LogP contribution in [-0.4, -0.2) is 16.0 Å². The number of carbonyl (C=O) groups is 1. The van der Waals surface area contributed by atoms with Crippen LogP contribution in [0.3, 0.4) is 0 Å². The number of hydrogen-bond donors (Lipinski definition) is 3. The fraction of sp³-hybridized carbons (Fsp3) is 0.200. The monoisotopic (exact) mass is 288 g/mol. The van der Waals surface area contributed by atoms with E-state index in [1.54, 1.807) is 6.07 Å². The number of aromatic nitrogens is 1. The Balaban J connectivity index is 2.19. The van der Waals surface area contributed by atoms with Crippen molar-refractivity contribution in [3.63, 3.8) is 0 Å². The molecule has 0 saturated heterocycles. The van der Waals surface area contributed by atoms with E-state index in [-0.39, 0.29) is 12.5 Å². The van der Waals surface area contributed by atoms with Gasteiger partial charge in [-0.05, 0) is 24.1 Å². The van der Waals surface area contributed by atoms with Gasteiger partial charge in [-0.3, -0.25) is 4.79 Å². The Kier molecular flexibility index (Phi) is 4.65. The van der Waals surface area contributed by atoms with Crippen LogP contribution in [-0.2, 0) is 13.2 Å². The van der Waals surface area contributed by atoms with Gasteiger partial charge in [-0.1, -0.05) is 42.5 Å². The van der Waals surface area contributed by atoms with Gasteiger partial charge in [0.05, 0.1) is 12.2 Å². The Hall–Kier alpha value is -1.98. The highest BCUT2D eigenvalue weighted by Gasteiger charge is 2.13. The molecular weight excluding hydrogens is 272 g/mol. The van der Waals surface area contributed by atoms with Gasteiger partial charge in [0.25, 0.3) is 5.91 Å². The lowest BCUT2D eigenvalue weighted by Crippen LogP contribution is -2.25. The Labute approximate surface area is 122 Å². The molecular formula is C15H16N2O2S. The number of amides is 1. The molecule has 20 heavy (non-hydrogen) atoms. The molecule has 2 rings (SSSR count). The topological polar surface area (TPSA) is 65.1 Å². The Morgan fingerprint density at radius 1 is 1.35 bits per heavy atom. The highest BCUT2D eigenvalue weighted by atomic mass is 32.1. The summed E-state index contributed by atoms with van der Waals surface area (Å²) in [5.41, 5.74) is 2.70. The zero-order valence-corrected chi connectivity index (χ0v) is 12.0. The molecule has 0 saturated carbocycles. The molecule has 4 nitrogen and oxygen atoms in total. The smallest absolute Gasteiger partial charge is 0.254 e. The molecule has 0 spiro atoms. The van der Waals surface area contributed by atoms with Crippen LogP contribution in [0.25, 0.3) is 0 Å². The summed E-state index contributed by atoms with van der Waals surface area (Å²) in [5, 5.41) is 12.2. The second-order valence-electron chi connectivity index (χ2n) is 4.51. The van der Waals surface area contributed by atoms with Gasteiger partial charge < -0.3 is 15.4 Å². The first-order valence-corrected chi connectivity index (χ1v) is 6.68. The molecule has 3 N–H and O–H groups in total. The van der Waals surface area contributed by atoms with Crippen LogP contribution < -0.4 is 5.32 Å². The number of nitrogens with one attached hydrogen (secondary N) is 2. The minimum Gasteiger partial charge on any atom is -0.392 e. The quantitative estimate of drug-likeness (QED) is 0.757. The number of pyridine rings is 1. The number of aryl methyl sites for hydroxylation is 1. The van der Waals surface area contributed by atoms with Crippen molar-refractivity contribution in [3.8, 4) is 0 Å². The maximum Gasteiger partial charge on any atom is 0.254 e. The minimum absolute atomic E-state index is 0.215. The number of rotatable bonds is 4. The number of carbonyl (C=O) groups excluding carboxylic acids is 1. The van der Waals surface area contributed by atoms with E-state index in [1.807, 2.05) is 37.3 Å². The first-order valence-electron chi connectivity index (χ1n) is 6.27. The lowest BCUT2D eigenvalue weighted by atomic mass is 10.1.